The smallest absolute Gasteiger partial charge is 0.463 e. The first-order chi connectivity index (χ1) is 11.1. The van der Waals surface area contributed by atoms with Gasteiger partial charge in [0.05, 0.1) is 14.6 Å². The monoisotopic (exact) mass is 375 g/mol. The number of carbonyl (C=O) groups excluding carboxylic acids is 1. The summed E-state index contributed by atoms with van der Waals surface area (Å²) in [6.07, 6.45) is 5.87. The van der Waals surface area contributed by atoms with Crippen LogP contribution in [0.5, 0.6) is 0 Å². The van der Waals surface area contributed by atoms with Crippen molar-refractivity contribution in [1.82, 2.24) is 0 Å². The molecule has 0 spiro atoms. The van der Waals surface area contributed by atoms with Gasteiger partial charge in [0.25, 0.3) is 0 Å². The maximum atomic E-state index is 11.1. The van der Waals surface area contributed by atoms with E-state index >= 15 is 0 Å². The summed E-state index contributed by atoms with van der Waals surface area (Å²) in [5.74, 6) is -0.612. The Bertz CT molecular complexity index is 479. The molecule has 9 nitrogen and oxygen atoms in total. The molecule has 0 amide bonds. The van der Waals surface area contributed by atoms with Crippen LogP contribution >= 0.6 is 15.6 Å². The third kappa shape index (κ3) is 16.1. The average Bonchev–Trinajstić information content (AvgIpc) is 2.42. The van der Waals surface area contributed by atoms with Crippen molar-refractivity contribution in [1.29, 1.82) is 0 Å². The Hall–Kier alpha value is -0.530. The molecule has 0 bridgehead atoms. The number of phosphoric ester groups is 1. The quantitative estimate of drug-likeness (QED) is 0.181. The molecule has 0 saturated carbocycles. The van der Waals surface area contributed by atoms with E-state index in [9.17, 15) is 13.9 Å². The van der Waals surface area contributed by atoms with Crippen LogP contribution in [-0.4, -0.2) is 33.8 Å². The molecule has 0 rings (SSSR count). The Balaban J connectivity index is 3.55. The van der Waals surface area contributed by atoms with Crippen molar-refractivity contribution in [2.24, 2.45) is 0 Å². The van der Waals surface area contributed by atoms with Crippen molar-refractivity contribution in [3.63, 3.8) is 0 Å². The van der Waals surface area contributed by atoms with Gasteiger partial charge >= 0.3 is 21.6 Å². The van der Waals surface area contributed by atoms with E-state index < -0.39 is 28.2 Å². The molecule has 2 atom stereocenters. The fraction of sp³-hybridized carbons (Fsp3) is 0.750. The summed E-state index contributed by atoms with van der Waals surface area (Å²) in [6, 6.07) is 0. The largest absolute Gasteiger partial charge is 0.481 e. The highest BCUT2D eigenvalue weighted by atomic mass is 31.3. The minimum atomic E-state index is -5.07. The van der Waals surface area contributed by atoms with Crippen LogP contribution in [0, 0.1) is 0 Å². The summed E-state index contributed by atoms with van der Waals surface area (Å²) in [5.41, 5.74) is 0. The number of unbranched alkanes of at least 4 members (excludes halogenated alkanes) is 5. The summed E-state index contributed by atoms with van der Waals surface area (Å²) in [6.45, 7) is 2.20. The number of phosphoric acid groups is 2. The molecule has 0 aliphatic rings. The topological polar surface area (TPSA) is 140 Å². The van der Waals surface area contributed by atoms with Crippen LogP contribution in [0.1, 0.15) is 46.3 Å². The lowest BCUT2D eigenvalue weighted by Crippen LogP contribution is -2.01. The maximum Gasteiger partial charge on any atom is 0.481 e. The molecule has 0 aromatic heterocycles. The summed E-state index contributed by atoms with van der Waals surface area (Å²) >= 11 is 0. The van der Waals surface area contributed by atoms with Crippen molar-refractivity contribution >= 4 is 21.6 Å². The average molecular weight is 375 g/mol. The molecule has 23 heavy (non-hydrogen) atoms. The third-order valence-electron chi connectivity index (χ3n) is 2.55. The first-order valence-electron chi connectivity index (χ1n) is 7.63. The van der Waals surface area contributed by atoms with E-state index in [1.807, 2.05) is 0 Å². The molecule has 136 valence electrons. The summed E-state index contributed by atoms with van der Waals surface area (Å²) in [7, 11) is -9.81. The number of rotatable bonds is 14. The molecule has 0 fully saturated rings. The van der Waals surface area contributed by atoms with Gasteiger partial charge in [-0.1, -0.05) is 38.7 Å². The van der Waals surface area contributed by atoms with E-state index in [2.05, 4.69) is 15.4 Å². The Kier molecular flexibility index (Phi) is 10.6. The van der Waals surface area contributed by atoms with Gasteiger partial charge in [0.15, 0.2) is 0 Å². The zero-order chi connectivity index (χ0) is 18.6. The Morgan fingerprint density at radius 2 is 1.57 bits per heavy atom. The van der Waals surface area contributed by atoms with Gasteiger partial charge in [-0.2, -0.15) is 4.31 Å². The standard InChI is InChI=1S/C12H24O9P2/c1-2-12(13)19-10-8-6-4-3-5-7-9-11-20-23(17,18)21-22(14,15)16/h2H,1,3-11H2,(H,17,18)(H2,14,15,16)/i10D. The SMILES string of the molecule is [2H]C(CCCCCCCCOP(=O)(O)OP(=O)(O)O)OC(=O)C=C. The van der Waals surface area contributed by atoms with Crippen LogP contribution in [0.15, 0.2) is 12.7 Å². The second kappa shape index (κ2) is 11.9. The van der Waals surface area contributed by atoms with Gasteiger partial charge in [-0.3, -0.25) is 4.52 Å². The van der Waals surface area contributed by atoms with Crippen molar-refractivity contribution in [2.75, 3.05) is 13.2 Å². The van der Waals surface area contributed by atoms with E-state index in [4.69, 9.17) is 20.8 Å². The highest BCUT2D eigenvalue weighted by Gasteiger charge is 2.31. The molecule has 0 aliphatic carbocycles. The normalized spacial score (nSPS) is 16.2. The van der Waals surface area contributed by atoms with E-state index in [1.54, 1.807) is 0 Å². The van der Waals surface area contributed by atoms with E-state index in [0.29, 0.717) is 19.3 Å². The molecule has 11 heteroatoms. The molecule has 0 saturated heterocycles. The number of ether oxygens (including phenoxy) is 1. The zero-order valence-corrected chi connectivity index (χ0v) is 14.5. The van der Waals surface area contributed by atoms with E-state index in [-0.39, 0.29) is 6.61 Å². The van der Waals surface area contributed by atoms with Gasteiger partial charge in [-0.15, -0.1) is 0 Å². The van der Waals surface area contributed by atoms with Crippen LogP contribution in [0.2, 0.25) is 0 Å². The first-order valence-corrected chi connectivity index (χ1v) is 10.1. The Labute approximate surface area is 136 Å². The molecule has 2 unspecified atom stereocenters. The van der Waals surface area contributed by atoms with Gasteiger partial charge in [0.2, 0.25) is 0 Å². The van der Waals surface area contributed by atoms with Crippen LogP contribution in [0.4, 0.5) is 0 Å². The fourth-order valence-corrected chi connectivity index (χ4v) is 3.19. The number of esters is 1. The molecule has 3 N–H and O–H groups in total. The predicted octanol–water partition coefficient (Wildman–Crippen LogP) is 2.67. The van der Waals surface area contributed by atoms with Gasteiger partial charge in [-0.05, 0) is 12.8 Å². The van der Waals surface area contributed by atoms with Crippen molar-refractivity contribution < 1.29 is 43.5 Å². The minimum absolute atomic E-state index is 0.153. The summed E-state index contributed by atoms with van der Waals surface area (Å²) in [5, 5.41) is 0. The van der Waals surface area contributed by atoms with Crippen LogP contribution in [0.25, 0.3) is 0 Å². The van der Waals surface area contributed by atoms with Crippen LogP contribution in [-0.2, 0) is 27.5 Å². The van der Waals surface area contributed by atoms with Crippen molar-refractivity contribution in [2.45, 2.75) is 44.9 Å². The van der Waals surface area contributed by atoms with Crippen LogP contribution in [0.3, 0.4) is 0 Å². The minimum Gasteiger partial charge on any atom is -0.463 e. The van der Waals surface area contributed by atoms with Gasteiger partial charge in [0, 0.05) is 6.08 Å². The third-order valence-corrected chi connectivity index (χ3v) is 4.73. The molecule has 0 aliphatic heterocycles. The number of hydrogen-bond donors (Lipinski definition) is 3. The van der Waals surface area contributed by atoms with E-state index in [1.165, 1.54) is 0 Å². The summed E-state index contributed by atoms with van der Waals surface area (Å²) in [4.78, 5) is 36.7. The van der Waals surface area contributed by atoms with Crippen LogP contribution < -0.4 is 0 Å². The Morgan fingerprint density at radius 1 is 1.04 bits per heavy atom. The molecule has 0 aromatic rings. The second-order valence-electron chi connectivity index (χ2n) is 4.59. The fourth-order valence-electron chi connectivity index (χ4n) is 1.56. The van der Waals surface area contributed by atoms with E-state index in [0.717, 1.165) is 31.8 Å². The number of hydrogen-bond acceptors (Lipinski definition) is 6. The molecular formula is C12H24O9P2. The lowest BCUT2D eigenvalue weighted by Gasteiger charge is -2.12. The molecule has 0 aromatic carbocycles. The Morgan fingerprint density at radius 3 is 2.09 bits per heavy atom. The lowest BCUT2D eigenvalue weighted by molar-refractivity contribution is -0.137. The van der Waals surface area contributed by atoms with Gasteiger partial charge < -0.3 is 19.4 Å². The maximum absolute atomic E-state index is 11.1. The molecular weight excluding hydrogens is 350 g/mol. The first kappa shape index (κ1) is 20.5. The van der Waals surface area contributed by atoms with Gasteiger partial charge in [-0.25, -0.2) is 13.9 Å². The summed E-state index contributed by atoms with van der Waals surface area (Å²) < 4.78 is 41.8. The lowest BCUT2D eigenvalue weighted by atomic mass is 10.1. The molecule has 0 radical (unpaired) electrons. The predicted molar refractivity (Wildman–Crippen MR) is 82.4 cm³/mol. The van der Waals surface area contributed by atoms with Crippen molar-refractivity contribution in [3.05, 3.63) is 12.7 Å². The number of carbonyl (C=O) groups is 1. The zero-order valence-electron chi connectivity index (χ0n) is 13.7. The van der Waals surface area contributed by atoms with Gasteiger partial charge in [0.1, 0.15) is 0 Å². The van der Waals surface area contributed by atoms with Crippen molar-refractivity contribution in [3.8, 4) is 0 Å². The highest BCUT2D eigenvalue weighted by Crippen LogP contribution is 2.57. The molecule has 0 heterocycles. The second-order valence-corrected chi connectivity index (χ2v) is 7.42. The highest BCUT2D eigenvalue weighted by molar-refractivity contribution is 7.60.